The lowest BCUT2D eigenvalue weighted by atomic mass is 10.1. The van der Waals surface area contributed by atoms with Crippen LogP contribution in [0.25, 0.3) is 0 Å². The maximum Gasteiger partial charge on any atom is 0.338 e. The first-order chi connectivity index (χ1) is 7.92. The molecular weight excluding hydrogens is 220 g/mol. The highest BCUT2D eigenvalue weighted by atomic mass is 16.4. The van der Waals surface area contributed by atoms with Crippen LogP contribution in [0.3, 0.4) is 0 Å². The zero-order valence-electron chi connectivity index (χ0n) is 9.73. The van der Waals surface area contributed by atoms with E-state index in [9.17, 15) is 9.59 Å². The average Bonchev–Trinajstić information content (AvgIpc) is 2.85. The number of pyridine rings is 1. The number of hydrogen-bond acceptors (Lipinski definition) is 3. The first kappa shape index (κ1) is 11.6. The molecule has 0 radical (unpaired) electrons. The van der Waals surface area contributed by atoms with Gasteiger partial charge in [-0.15, -0.1) is 0 Å². The molecule has 0 saturated heterocycles. The Morgan fingerprint density at radius 1 is 1.53 bits per heavy atom. The summed E-state index contributed by atoms with van der Waals surface area (Å²) in [7, 11) is 0. The number of carboxylic acids is 1. The van der Waals surface area contributed by atoms with Gasteiger partial charge in [0.1, 0.15) is 5.69 Å². The van der Waals surface area contributed by atoms with Crippen molar-refractivity contribution < 1.29 is 14.7 Å². The molecule has 1 atom stereocenters. The van der Waals surface area contributed by atoms with Crippen molar-refractivity contribution in [3.8, 4) is 0 Å². The molecule has 1 aliphatic carbocycles. The number of rotatable bonds is 3. The number of carbonyl (C=O) groups excluding carboxylic acids is 1. The van der Waals surface area contributed by atoms with Crippen LogP contribution in [-0.4, -0.2) is 28.0 Å². The third-order valence-electron chi connectivity index (χ3n) is 3.07. The normalized spacial score (nSPS) is 20.7. The van der Waals surface area contributed by atoms with E-state index in [2.05, 4.69) is 24.1 Å². The maximum absolute atomic E-state index is 11.9. The van der Waals surface area contributed by atoms with Gasteiger partial charge >= 0.3 is 5.97 Å². The Balaban J connectivity index is 2.17. The van der Waals surface area contributed by atoms with Gasteiger partial charge in [-0.2, -0.15) is 0 Å². The Kier molecular flexibility index (Phi) is 2.61. The Morgan fingerprint density at radius 2 is 2.18 bits per heavy atom. The summed E-state index contributed by atoms with van der Waals surface area (Å²) in [5, 5.41) is 11.7. The molecule has 1 aromatic heterocycles. The quantitative estimate of drug-likeness (QED) is 0.826. The second-order valence-electron chi connectivity index (χ2n) is 4.92. The summed E-state index contributed by atoms with van der Waals surface area (Å²) >= 11 is 0. The van der Waals surface area contributed by atoms with Crippen molar-refractivity contribution in [1.82, 2.24) is 10.3 Å². The van der Waals surface area contributed by atoms with E-state index in [4.69, 9.17) is 5.11 Å². The molecule has 17 heavy (non-hydrogen) atoms. The largest absolute Gasteiger partial charge is 0.478 e. The molecule has 1 amide bonds. The molecule has 1 aromatic rings. The minimum atomic E-state index is -1.14. The number of nitrogens with one attached hydrogen (secondary N) is 1. The van der Waals surface area contributed by atoms with Gasteiger partial charge in [-0.1, -0.05) is 13.8 Å². The van der Waals surface area contributed by atoms with Gasteiger partial charge in [0, 0.05) is 12.2 Å². The molecule has 2 N–H and O–H groups in total. The van der Waals surface area contributed by atoms with E-state index in [-0.39, 0.29) is 22.7 Å². The fourth-order valence-electron chi connectivity index (χ4n) is 1.70. The summed E-state index contributed by atoms with van der Waals surface area (Å²) in [4.78, 5) is 26.6. The molecule has 0 spiro atoms. The highest BCUT2D eigenvalue weighted by molar-refractivity contribution is 6.03. The standard InChI is InChI=1S/C12H14N2O3/c1-12(2)6-8(12)14-10(15)9-7(11(16)17)4-3-5-13-9/h3-5,8H,6H2,1-2H3,(H,14,15)(H,16,17). The predicted octanol–water partition coefficient (Wildman–Crippen LogP) is 1.31. The molecule has 0 aliphatic heterocycles. The number of carboxylic acid groups (broad SMARTS) is 1. The molecule has 0 aromatic carbocycles. The molecular formula is C12H14N2O3. The smallest absolute Gasteiger partial charge is 0.338 e. The van der Waals surface area contributed by atoms with Gasteiger partial charge in [-0.25, -0.2) is 4.79 Å². The van der Waals surface area contributed by atoms with Gasteiger partial charge in [-0.3, -0.25) is 9.78 Å². The van der Waals surface area contributed by atoms with E-state index >= 15 is 0 Å². The first-order valence-corrected chi connectivity index (χ1v) is 5.41. The Hall–Kier alpha value is -1.91. The van der Waals surface area contributed by atoms with Crippen molar-refractivity contribution in [3.63, 3.8) is 0 Å². The highest BCUT2D eigenvalue weighted by Gasteiger charge is 2.46. The molecule has 5 nitrogen and oxygen atoms in total. The van der Waals surface area contributed by atoms with Crippen molar-refractivity contribution in [1.29, 1.82) is 0 Å². The summed E-state index contributed by atoms with van der Waals surface area (Å²) < 4.78 is 0. The molecule has 1 aliphatic rings. The number of carbonyl (C=O) groups is 2. The van der Waals surface area contributed by atoms with E-state index in [0.717, 1.165) is 6.42 Å². The van der Waals surface area contributed by atoms with Crippen molar-refractivity contribution in [2.45, 2.75) is 26.3 Å². The van der Waals surface area contributed by atoms with Crippen LogP contribution >= 0.6 is 0 Å². The second-order valence-corrected chi connectivity index (χ2v) is 4.92. The van der Waals surface area contributed by atoms with Gasteiger partial charge in [0.15, 0.2) is 0 Å². The molecule has 1 heterocycles. The fraction of sp³-hybridized carbons (Fsp3) is 0.417. The highest BCUT2D eigenvalue weighted by Crippen LogP contribution is 2.44. The molecule has 5 heteroatoms. The zero-order chi connectivity index (χ0) is 12.6. The summed E-state index contributed by atoms with van der Waals surface area (Å²) in [5.41, 5.74) is 0.0135. The van der Waals surface area contributed by atoms with Crippen LogP contribution in [0.5, 0.6) is 0 Å². The lowest BCUT2D eigenvalue weighted by Gasteiger charge is -2.07. The number of hydrogen-bond donors (Lipinski definition) is 2. The summed E-state index contributed by atoms with van der Waals surface area (Å²) in [6.07, 6.45) is 2.33. The van der Waals surface area contributed by atoms with Crippen LogP contribution in [0, 0.1) is 5.41 Å². The maximum atomic E-state index is 11.9. The summed E-state index contributed by atoms with van der Waals surface area (Å²) in [6, 6.07) is 2.99. The number of amides is 1. The van der Waals surface area contributed by atoms with E-state index in [1.165, 1.54) is 18.3 Å². The lowest BCUT2D eigenvalue weighted by molar-refractivity contribution is 0.0689. The average molecular weight is 234 g/mol. The topological polar surface area (TPSA) is 79.3 Å². The Bertz CT molecular complexity index is 482. The van der Waals surface area contributed by atoms with Crippen molar-refractivity contribution in [2.75, 3.05) is 0 Å². The van der Waals surface area contributed by atoms with Gasteiger partial charge in [0.25, 0.3) is 5.91 Å². The molecule has 2 rings (SSSR count). The van der Waals surface area contributed by atoms with Crippen LogP contribution in [0.15, 0.2) is 18.3 Å². The van der Waals surface area contributed by atoms with Gasteiger partial charge in [0.05, 0.1) is 5.56 Å². The minimum Gasteiger partial charge on any atom is -0.478 e. The fourth-order valence-corrected chi connectivity index (χ4v) is 1.70. The van der Waals surface area contributed by atoms with Crippen LogP contribution in [-0.2, 0) is 0 Å². The molecule has 1 fully saturated rings. The SMILES string of the molecule is CC1(C)CC1NC(=O)c1ncccc1C(=O)O. The van der Waals surface area contributed by atoms with E-state index in [1.54, 1.807) is 0 Å². The second kappa shape index (κ2) is 3.84. The molecule has 1 saturated carbocycles. The van der Waals surface area contributed by atoms with Gasteiger partial charge < -0.3 is 10.4 Å². The van der Waals surface area contributed by atoms with Crippen LogP contribution in [0.2, 0.25) is 0 Å². The summed E-state index contributed by atoms with van der Waals surface area (Å²) in [5.74, 6) is -1.56. The zero-order valence-corrected chi connectivity index (χ0v) is 9.73. The molecule has 90 valence electrons. The minimum absolute atomic E-state index is 0.0253. The molecule has 1 unspecified atom stereocenters. The number of nitrogens with zero attached hydrogens (tertiary/aromatic N) is 1. The third-order valence-corrected chi connectivity index (χ3v) is 3.07. The summed E-state index contributed by atoms with van der Waals surface area (Å²) in [6.45, 7) is 4.10. The van der Waals surface area contributed by atoms with Crippen LogP contribution < -0.4 is 5.32 Å². The first-order valence-electron chi connectivity index (χ1n) is 5.41. The van der Waals surface area contributed by atoms with Crippen LogP contribution in [0.4, 0.5) is 0 Å². The Labute approximate surface area is 98.9 Å². The van der Waals surface area contributed by atoms with Crippen molar-refractivity contribution in [2.24, 2.45) is 5.41 Å². The third kappa shape index (κ3) is 2.27. The number of aromatic nitrogens is 1. The van der Waals surface area contributed by atoms with Gasteiger partial charge in [0.2, 0.25) is 0 Å². The van der Waals surface area contributed by atoms with Crippen molar-refractivity contribution in [3.05, 3.63) is 29.6 Å². The number of aromatic carboxylic acids is 1. The lowest BCUT2D eigenvalue weighted by Crippen LogP contribution is -2.30. The van der Waals surface area contributed by atoms with E-state index < -0.39 is 11.9 Å². The van der Waals surface area contributed by atoms with Crippen molar-refractivity contribution >= 4 is 11.9 Å². The monoisotopic (exact) mass is 234 g/mol. The Morgan fingerprint density at radius 3 is 2.71 bits per heavy atom. The van der Waals surface area contributed by atoms with Gasteiger partial charge in [-0.05, 0) is 24.0 Å². The molecule has 0 bridgehead atoms. The van der Waals surface area contributed by atoms with E-state index in [1.807, 2.05) is 0 Å². The van der Waals surface area contributed by atoms with Crippen LogP contribution in [0.1, 0.15) is 41.1 Å². The predicted molar refractivity (Wildman–Crippen MR) is 60.8 cm³/mol. The van der Waals surface area contributed by atoms with E-state index in [0.29, 0.717) is 0 Å².